The van der Waals surface area contributed by atoms with Gasteiger partial charge in [-0.15, -0.1) is 0 Å². The van der Waals surface area contributed by atoms with Crippen LogP contribution in [0.5, 0.6) is 5.75 Å². The number of hydrogen-bond donors (Lipinski definition) is 1. The number of methoxy groups -OCH3 is 1. The van der Waals surface area contributed by atoms with Gasteiger partial charge in [0.15, 0.2) is 0 Å². The molecule has 4 rings (SSSR count). The van der Waals surface area contributed by atoms with Gasteiger partial charge in [-0.2, -0.15) is 5.10 Å². The zero-order valence-electron chi connectivity index (χ0n) is 19.1. The lowest BCUT2D eigenvalue weighted by Gasteiger charge is -2.43. The van der Waals surface area contributed by atoms with Gasteiger partial charge in [0.25, 0.3) is 5.91 Å². The fourth-order valence-corrected chi connectivity index (χ4v) is 4.31. The molecule has 1 atom stereocenters. The van der Waals surface area contributed by atoms with Crippen LogP contribution in [0.3, 0.4) is 0 Å². The van der Waals surface area contributed by atoms with E-state index in [1.165, 1.54) is 0 Å². The lowest BCUT2D eigenvalue weighted by atomic mass is 9.93. The average Bonchev–Trinajstić information content (AvgIpc) is 3.11. The third-order valence-electron chi connectivity index (χ3n) is 5.84. The minimum atomic E-state index is -1.14. The Balaban J connectivity index is 1.69. The van der Waals surface area contributed by atoms with E-state index in [0.29, 0.717) is 17.9 Å². The Bertz CT molecular complexity index is 1160. The predicted octanol–water partition coefficient (Wildman–Crippen LogP) is 3.55. The molecule has 0 spiro atoms. The summed E-state index contributed by atoms with van der Waals surface area (Å²) in [5.74, 6) is 0.288. The molecule has 1 aromatic heterocycles. The molecule has 2 heterocycles. The second-order valence-electron chi connectivity index (χ2n) is 8.62. The number of ether oxygens (including phenoxy) is 1. The number of nitrogens with zero attached hydrogens (tertiary/aromatic N) is 3. The summed E-state index contributed by atoms with van der Waals surface area (Å²) in [4.78, 5) is 28.8. The summed E-state index contributed by atoms with van der Waals surface area (Å²) in [6, 6.07) is 15.2. The Morgan fingerprint density at radius 3 is 2.38 bits per heavy atom. The van der Waals surface area contributed by atoms with Gasteiger partial charge < -0.3 is 10.1 Å². The number of aryl methyl sites for hydroxylation is 3. The molecule has 7 nitrogen and oxygen atoms in total. The number of nitrogens with one attached hydrogen (secondary N) is 1. The van der Waals surface area contributed by atoms with Crippen LogP contribution in [0, 0.1) is 20.8 Å². The molecule has 1 aliphatic rings. The van der Waals surface area contributed by atoms with E-state index in [1.54, 1.807) is 29.7 Å². The van der Waals surface area contributed by atoms with Crippen LogP contribution in [0.1, 0.15) is 39.8 Å². The second kappa shape index (κ2) is 8.15. The van der Waals surface area contributed by atoms with Gasteiger partial charge >= 0.3 is 0 Å². The average molecular weight is 433 g/mol. The second-order valence-corrected chi connectivity index (χ2v) is 8.62. The van der Waals surface area contributed by atoms with Crippen molar-refractivity contribution >= 4 is 17.5 Å². The summed E-state index contributed by atoms with van der Waals surface area (Å²) >= 11 is 0. The number of carbonyl (C=O) groups is 2. The number of hydrogen-bond acceptors (Lipinski definition) is 4. The molecule has 0 radical (unpaired) electrons. The molecule has 1 aliphatic heterocycles. The smallest absolute Gasteiger partial charge is 0.277 e. The van der Waals surface area contributed by atoms with Crippen molar-refractivity contribution in [2.24, 2.45) is 0 Å². The Labute approximate surface area is 188 Å². The standard InChI is InChI=1S/C25H28N4O3/c1-16-10-17(2)12-20(11-16)29-23(30)22-13-18(3)27-28(22)15-25(29,4)24(31)26-14-19-6-8-21(32-5)9-7-19/h6-13H,14-15H2,1-5H3,(H,26,31)/t25-/m0/s1. The number of anilines is 1. The van der Waals surface area contributed by atoms with E-state index >= 15 is 0 Å². The van der Waals surface area contributed by atoms with Crippen LogP contribution >= 0.6 is 0 Å². The number of benzene rings is 2. The highest BCUT2D eigenvalue weighted by Gasteiger charge is 2.48. The zero-order valence-corrected chi connectivity index (χ0v) is 19.1. The van der Waals surface area contributed by atoms with Crippen molar-refractivity contribution in [2.45, 2.75) is 46.3 Å². The summed E-state index contributed by atoms with van der Waals surface area (Å²) < 4.78 is 6.84. The van der Waals surface area contributed by atoms with Crippen molar-refractivity contribution in [3.05, 3.63) is 76.6 Å². The molecule has 0 saturated heterocycles. The molecule has 7 heteroatoms. The molecule has 1 N–H and O–H groups in total. The van der Waals surface area contributed by atoms with Gasteiger partial charge in [0, 0.05) is 12.2 Å². The normalized spacial score (nSPS) is 17.8. The first-order valence-electron chi connectivity index (χ1n) is 10.6. The van der Waals surface area contributed by atoms with Crippen LogP contribution in [0.2, 0.25) is 0 Å². The van der Waals surface area contributed by atoms with Crippen molar-refractivity contribution in [2.75, 3.05) is 12.0 Å². The number of aromatic nitrogens is 2. The quantitative estimate of drug-likeness (QED) is 0.669. The number of fused-ring (bicyclic) bond motifs is 1. The van der Waals surface area contributed by atoms with E-state index in [2.05, 4.69) is 10.4 Å². The van der Waals surface area contributed by atoms with Crippen LogP contribution in [0.25, 0.3) is 0 Å². The summed E-state index contributed by atoms with van der Waals surface area (Å²) in [7, 11) is 1.62. The Kier molecular flexibility index (Phi) is 5.50. The molecule has 0 saturated carbocycles. The number of amides is 2. The number of carbonyl (C=O) groups excluding carboxylic acids is 2. The maximum Gasteiger partial charge on any atom is 0.277 e. The van der Waals surface area contributed by atoms with Crippen LogP contribution < -0.4 is 15.0 Å². The summed E-state index contributed by atoms with van der Waals surface area (Å²) in [5, 5.41) is 7.47. The van der Waals surface area contributed by atoms with Crippen molar-refractivity contribution in [1.29, 1.82) is 0 Å². The van der Waals surface area contributed by atoms with Gasteiger partial charge in [-0.25, -0.2) is 0 Å². The van der Waals surface area contributed by atoms with Crippen molar-refractivity contribution in [3.8, 4) is 5.75 Å². The highest BCUT2D eigenvalue weighted by atomic mass is 16.5. The first-order valence-corrected chi connectivity index (χ1v) is 10.6. The van der Waals surface area contributed by atoms with E-state index in [1.807, 2.05) is 63.2 Å². The molecule has 2 aromatic carbocycles. The third kappa shape index (κ3) is 3.86. The van der Waals surface area contributed by atoms with Crippen LogP contribution in [0.4, 0.5) is 5.69 Å². The third-order valence-corrected chi connectivity index (χ3v) is 5.84. The molecular weight excluding hydrogens is 404 g/mol. The first-order chi connectivity index (χ1) is 15.2. The molecular formula is C25H28N4O3. The van der Waals surface area contributed by atoms with Gasteiger partial charge in [-0.1, -0.05) is 18.2 Å². The molecule has 32 heavy (non-hydrogen) atoms. The molecule has 3 aromatic rings. The fourth-order valence-electron chi connectivity index (χ4n) is 4.31. The molecule has 166 valence electrons. The van der Waals surface area contributed by atoms with Crippen molar-refractivity contribution in [3.63, 3.8) is 0 Å². The maximum atomic E-state index is 13.6. The minimum Gasteiger partial charge on any atom is -0.497 e. The van der Waals surface area contributed by atoms with Crippen LogP contribution in [-0.2, 0) is 17.9 Å². The zero-order chi connectivity index (χ0) is 23.0. The Morgan fingerprint density at radius 2 is 1.75 bits per heavy atom. The Morgan fingerprint density at radius 1 is 1.09 bits per heavy atom. The predicted molar refractivity (Wildman–Crippen MR) is 123 cm³/mol. The van der Waals surface area contributed by atoms with E-state index in [-0.39, 0.29) is 18.4 Å². The van der Waals surface area contributed by atoms with Gasteiger partial charge in [-0.3, -0.25) is 19.2 Å². The highest BCUT2D eigenvalue weighted by molar-refractivity contribution is 6.11. The molecule has 0 aliphatic carbocycles. The summed E-state index contributed by atoms with van der Waals surface area (Å²) in [6.45, 7) is 8.23. The van der Waals surface area contributed by atoms with Crippen LogP contribution in [0.15, 0.2) is 48.5 Å². The molecule has 0 fully saturated rings. The largest absolute Gasteiger partial charge is 0.497 e. The van der Waals surface area contributed by atoms with E-state index in [4.69, 9.17) is 4.74 Å². The van der Waals surface area contributed by atoms with Gasteiger partial charge in [0.2, 0.25) is 5.91 Å². The van der Waals surface area contributed by atoms with Gasteiger partial charge in [0.05, 0.1) is 19.3 Å². The first kappa shape index (κ1) is 21.6. The molecule has 0 bridgehead atoms. The summed E-state index contributed by atoms with van der Waals surface area (Å²) in [5.41, 5.74) is 3.81. The maximum absolute atomic E-state index is 13.6. The van der Waals surface area contributed by atoms with E-state index in [9.17, 15) is 9.59 Å². The fraction of sp³-hybridized carbons (Fsp3) is 0.320. The highest BCUT2D eigenvalue weighted by Crippen LogP contribution is 2.34. The minimum absolute atomic E-state index is 0.232. The van der Waals surface area contributed by atoms with Gasteiger partial charge in [0.1, 0.15) is 17.0 Å². The van der Waals surface area contributed by atoms with Crippen molar-refractivity contribution in [1.82, 2.24) is 15.1 Å². The summed E-state index contributed by atoms with van der Waals surface area (Å²) in [6.07, 6.45) is 0. The van der Waals surface area contributed by atoms with Gasteiger partial charge in [-0.05, 0) is 74.7 Å². The Hall–Kier alpha value is -3.61. The lowest BCUT2D eigenvalue weighted by molar-refractivity contribution is -0.126. The monoisotopic (exact) mass is 432 g/mol. The molecule has 0 unspecified atom stereocenters. The lowest BCUT2D eigenvalue weighted by Crippen LogP contribution is -2.64. The number of rotatable bonds is 5. The van der Waals surface area contributed by atoms with E-state index in [0.717, 1.165) is 28.1 Å². The topological polar surface area (TPSA) is 76.5 Å². The van der Waals surface area contributed by atoms with Crippen LogP contribution in [-0.4, -0.2) is 34.2 Å². The molecule has 2 amide bonds. The SMILES string of the molecule is COc1ccc(CNC(=O)[C@]2(C)Cn3nc(C)cc3C(=O)N2c2cc(C)cc(C)c2)cc1. The van der Waals surface area contributed by atoms with Crippen molar-refractivity contribution < 1.29 is 14.3 Å². The van der Waals surface area contributed by atoms with E-state index < -0.39 is 5.54 Å².